The molecule has 0 aliphatic heterocycles. The van der Waals surface area contributed by atoms with Crippen LogP contribution in [0.3, 0.4) is 0 Å². The molecule has 0 radical (unpaired) electrons. The van der Waals surface area contributed by atoms with Crippen LogP contribution >= 0.6 is 0 Å². The Balaban J connectivity index is 2.07. The Morgan fingerprint density at radius 3 is 2.04 bits per heavy atom. The van der Waals surface area contributed by atoms with Gasteiger partial charge in [-0.2, -0.15) is 0 Å². The maximum atomic E-state index is 14.2. The van der Waals surface area contributed by atoms with Gasteiger partial charge >= 0.3 is 0 Å². The van der Waals surface area contributed by atoms with Crippen LogP contribution in [0, 0.1) is 23.6 Å². The van der Waals surface area contributed by atoms with Gasteiger partial charge in [0.25, 0.3) is 0 Å². The van der Waals surface area contributed by atoms with Crippen molar-refractivity contribution in [2.24, 2.45) is 34.2 Å². The van der Waals surface area contributed by atoms with Crippen molar-refractivity contribution in [2.45, 2.75) is 162 Å². The minimum absolute atomic E-state index is 0.00143. The van der Waals surface area contributed by atoms with Gasteiger partial charge in [0.15, 0.2) is 11.7 Å². The van der Waals surface area contributed by atoms with Crippen LogP contribution in [0.25, 0.3) is 10.9 Å². The number of halogens is 1. The van der Waals surface area contributed by atoms with Crippen LogP contribution in [-0.4, -0.2) is 46.8 Å². The fourth-order valence-electron chi connectivity index (χ4n) is 7.01. The molecule has 0 aliphatic carbocycles. The fourth-order valence-corrected chi connectivity index (χ4v) is 7.01. The largest absolute Gasteiger partial charge is 0.370 e. The minimum Gasteiger partial charge on any atom is -0.370 e. The van der Waals surface area contributed by atoms with Gasteiger partial charge in [0.2, 0.25) is 5.91 Å². The number of hydrogen-bond donors (Lipinski definition) is 4. The van der Waals surface area contributed by atoms with E-state index in [1.165, 1.54) is 83.3 Å². The summed E-state index contributed by atoms with van der Waals surface area (Å²) < 4.78 is 14.2. The highest BCUT2D eigenvalue weighted by Crippen LogP contribution is 2.25. The lowest BCUT2D eigenvalue weighted by molar-refractivity contribution is -0.133. The number of nitrogens with two attached hydrogens (primary N) is 2. The number of aromatic amines is 1. The van der Waals surface area contributed by atoms with Crippen LogP contribution in [0.15, 0.2) is 29.4 Å². The predicted molar refractivity (Wildman–Crippen MR) is 210 cm³/mol. The Bertz CT molecular complexity index is 1400. The molecule has 2 rings (SSSR count). The van der Waals surface area contributed by atoms with E-state index in [1.807, 2.05) is 13.8 Å². The van der Waals surface area contributed by atoms with Gasteiger partial charge in [0.05, 0.1) is 6.04 Å². The Hall–Kier alpha value is -3.56. The topological polar surface area (TPSA) is 160 Å². The van der Waals surface area contributed by atoms with Crippen molar-refractivity contribution >= 4 is 40.1 Å². The number of benzene rings is 1. The number of hydrogen-bond acceptors (Lipinski definition) is 5. The van der Waals surface area contributed by atoms with Gasteiger partial charge in [-0.1, -0.05) is 97.8 Å². The summed E-state index contributed by atoms with van der Waals surface area (Å²) in [6.07, 6.45) is 19.5. The van der Waals surface area contributed by atoms with Gasteiger partial charge in [0.1, 0.15) is 17.4 Å². The molecular formula is C42H68FN5O4. The number of nitrogens with one attached hydrogen (secondary N) is 2. The Morgan fingerprint density at radius 1 is 0.846 bits per heavy atom. The quantitative estimate of drug-likeness (QED) is 0.0358. The molecule has 0 saturated heterocycles. The monoisotopic (exact) mass is 726 g/mol. The second kappa shape index (κ2) is 25.4. The number of ketones is 3. The number of aromatic nitrogens is 1. The summed E-state index contributed by atoms with van der Waals surface area (Å²) in [5, 5.41) is 3.61. The van der Waals surface area contributed by atoms with E-state index < -0.39 is 23.8 Å². The molecule has 0 unspecified atom stereocenters. The molecule has 10 heteroatoms. The highest BCUT2D eigenvalue weighted by Gasteiger charge is 2.30. The first-order valence-electron chi connectivity index (χ1n) is 20.1. The lowest BCUT2D eigenvalue weighted by atomic mass is 9.86. The highest BCUT2D eigenvalue weighted by molar-refractivity contribution is 5.94. The average molecular weight is 726 g/mol. The van der Waals surface area contributed by atoms with E-state index in [9.17, 15) is 23.6 Å². The minimum atomic E-state index is -0.866. The smallest absolute Gasteiger partial charge is 0.224 e. The van der Waals surface area contributed by atoms with Crippen molar-refractivity contribution in [3.8, 4) is 0 Å². The first kappa shape index (κ1) is 44.6. The number of fused-ring (bicyclic) bond motifs is 1. The lowest BCUT2D eigenvalue weighted by Crippen LogP contribution is -2.45. The number of aliphatic imine (C=N–C) groups is 1. The summed E-state index contributed by atoms with van der Waals surface area (Å²) in [4.78, 5) is 60.6. The molecule has 1 aromatic heterocycles. The molecule has 0 bridgehead atoms. The van der Waals surface area contributed by atoms with E-state index in [0.29, 0.717) is 24.6 Å². The number of nitrogens with zero attached hydrogens (tertiary/aromatic N) is 1. The maximum Gasteiger partial charge on any atom is 0.224 e. The molecule has 9 nitrogen and oxygen atoms in total. The Labute approximate surface area is 312 Å². The van der Waals surface area contributed by atoms with Crippen molar-refractivity contribution < 1.29 is 23.6 Å². The summed E-state index contributed by atoms with van der Waals surface area (Å²) in [6.45, 7) is 8.03. The number of unbranched alkanes of at least 4 members (excludes halogenated alkanes) is 12. The summed E-state index contributed by atoms with van der Waals surface area (Å²) >= 11 is 0. The molecule has 0 spiro atoms. The van der Waals surface area contributed by atoms with E-state index in [-0.39, 0.29) is 67.3 Å². The van der Waals surface area contributed by atoms with Crippen LogP contribution in [0.5, 0.6) is 0 Å². The van der Waals surface area contributed by atoms with Crippen LogP contribution in [0.4, 0.5) is 4.39 Å². The first-order valence-corrected chi connectivity index (χ1v) is 20.1. The summed E-state index contributed by atoms with van der Waals surface area (Å²) in [5.41, 5.74) is 12.4. The molecule has 1 heterocycles. The van der Waals surface area contributed by atoms with Gasteiger partial charge in [-0.05, 0) is 68.7 Å². The number of rotatable bonds is 30. The van der Waals surface area contributed by atoms with Crippen LogP contribution in [0.2, 0.25) is 0 Å². The average Bonchev–Trinajstić information content (AvgIpc) is 3.48. The number of carbonyl (C=O) groups excluding carboxylic acids is 4. The van der Waals surface area contributed by atoms with E-state index in [0.717, 1.165) is 30.3 Å². The van der Waals surface area contributed by atoms with Gasteiger partial charge in [-0.15, -0.1) is 0 Å². The van der Waals surface area contributed by atoms with E-state index in [1.54, 1.807) is 12.3 Å². The van der Waals surface area contributed by atoms with E-state index >= 15 is 0 Å². The van der Waals surface area contributed by atoms with E-state index in [4.69, 9.17) is 11.5 Å². The summed E-state index contributed by atoms with van der Waals surface area (Å²) in [5.74, 6) is -2.12. The normalized spacial score (nSPS) is 13.2. The SMILES string of the molecule is CCCCCCCCCCCCCCCC(=O)C[C@@H](Cc1c[nH]c2ccc(F)cc12)C(=O)N[C@@H](CCCN=C(N)N)C(=O)C[C@@H](CC(C)C)C(C)=O. The highest BCUT2D eigenvalue weighted by atomic mass is 19.1. The third-order valence-electron chi connectivity index (χ3n) is 10.0. The van der Waals surface area contributed by atoms with Crippen LogP contribution in [-0.2, 0) is 25.6 Å². The molecule has 1 aromatic carbocycles. The first-order chi connectivity index (χ1) is 24.9. The van der Waals surface area contributed by atoms with Gasteiger partial charge < -0.3 is 21.8 Å². The zero-order valence-corrected chi connectivity index (χ0v) is 32.6. The van der Waals surface area contributed by atoms with Crippen molar-refractivity contribution in [2.75, 3.05) is 6.54 Å². The van der Waals surface area contributed by atoms with Gasteiger partial charge in [-0.3, -0.25) is 24.2 Å². The molecule has 0 saturated carbocycles. The van der Waals surface area contributed by atoms with E-state index in [2.05, 4.69) is 22.2 Å². The Morgan fingerprint density at radius 2 is 1.46 bits per heavy atom. The molecule has 52 heavy (non-hydrogen) atoms. The third kappa shape index (κ3) is 18.3. The molecule has 1 amide bonds. The number of carbonyl (C=O) groups is 4. The van der Waals surface area contributed by atoms with Crippen LogP contribution < -0.4 is 16.8 Å². The van der Waals surface area contributed by atoms with Crippen molar-refractivity contribution in [1.82, 2.24) is 10.3 Å². The molecule has 2 aromatic rings. The molecular weight excluding hydrogens is 657 g/mol. The van der Waals surface area contributed by atoms with Gasteiger partial charge in [-0.25, -0.2) is 4.39 Å². The number of H-pyrrole nitrogens is 1. The second-order valence-electron chi connectivity index (χ2n) is 15.3. The predicted octanol–water partition coefficient (Wildman–Crippen LogP) is 8.66. The summed E-state index contributed by atoms with van der Waals surface area (Å²) in [6, 6.07) is 3.59. The van der Waals surface area contributed by atoms with Crippen molar-refractivity contribution in [1.29, 1.82) is 0 Å². The summed E-state index contributed by atoms with van der Waals surface area (Å²) in [7, 11) is 0. The molecule has 6 N–H and O–H groups in total. The standard InChI is InChI=1S/C42H68FN5O4/c1-5-6-7-8-9-10-11-12-13-14-15-16-17-19-36(50)26-33(25-34-29-47-38-22-21-35(43)28-37(34)38)41(52)48-39(20-18-23-46-42(44)45)40(51)27-32(31(4)49)24-30(2)3/h21-22,28-30,32-33,39,47H,5-20,23-27H2,1-4H3,(H,48,52)(H4,44,45,46)/t32-,33-,39+/m1/s1. The van der Waals surface area contributed by atoms with Crippen LogP contribution in [0.1, 0.15) is 155 Å². The number of Topliss-reactive ketones (excluding diaryl/α,β-unsaturated/α-hetero) is 3. The Kier molecular flexibility index (Phi) is 21.8. The van der Waals surface area contributed by atoms with Crippen molar-refractivity contribution in [3.63, 3.8) is 0 Å². The number of guanidine groups is 1. The zero-order valence-electron chi connectivity index (χ0n) is 32.6. The van der Waals surface area contributed by atoms with Gasteiger partial charge in [0, 0.05) is 54.7 Å². The third-order valence-corrected chi connectivity index (χ3v) is 10.0. The molecule has 0 fully saturated rings. The lowest BCUT2D eigenvalue weighted by Gasteiger charge is -2.24. The van der Waals surface area contributed by atoms with Crippen molar-refractivity contribution in [3.05, 3.63) is 35.8 Å². The fraction of sp³-hybridized carbons (Fsp3) is 0.690. The number of amides is 1. The molecule has 0 aliphatic rings. The molecule has 3 atom stereocenters. The molecule has 292 valence electrons. The maximum absolute atomic E-state index is 14.2. The zero-order chi connectivity index (χ0) is 38.3. The second-order valence-corrected chi connectivity index (χ2v) is 15.3.